The third kappa shape index (κ3) is 3.94. The second kappa shape index (κ2) is 8.55. The molecule has 0 saturated carbocycles. The van der Waals surface area contributed by atoms with Crippen LogP contribution in [0.15, 0.2) is 91.5 Å². The summed E-state index contributed by atoms with van der Waals surface area (Å²) in [5.74, 6) is 0.128. The van der Waals surface area contributed by atoms with Gasteiger partial charge >= 0.3 is 0 Å². The van der Waals surface area contributed by atoms with Gasteiger partial charge in [0.2, 0.25) is 9.84 Å². The summed E-state index contributed by atoms with van der Waals surface area (Å²) >= 11 is 6.74. The number of aromatic nitrogens is 3. The Morgan fingerprint density at radius 2 is 1.55 bits per heavy atom. The zero-order valence-electron chi connectivity index (χ0n) is 17.2. The number of nitrogens with zero attached hydrogens (tertiary/aromatic N) is 3. The van der Waals surface area contributed by atoms with E-state index in [4.69, 9.17) is 10.7 Å². The van der Waals surface area contributed by atoms with Crippen molar-refractivity contribution < 1.29 is 8.42 Å². The number of halogens is 2. The smallest absolute Gasteiger partial charge is 0.213 e. The number of hydrogen-bond acceptors (Lipinski definition) is 5. The molecule has 0 aliphatic rings. The van der Waals surface area contributed by atoms with E-state index >= 15 is 0 Å². The van der Waals surface area contributed by atoms with Gasteiger partial charge in [-0.25, -0.2) is 18.4 Å². The van der Waals surface area contributed by atoms with E-state index in [2.05, 4.69) is 36.8 Å². The maximum Gasteiger partial charge on any atom is 0.213 e. The average molecular weight is 586 g/mol. The van der Waals surface area contributed by atoms with E-state index in [1.165, 1.54) is 0 Å². The minimum Gasteiger partial charge on any atom is -0.384 e. The molecular weight excluding hydrogens is 568 g/mol. The van der Waals surface area contributed by atoms with Gasteiger partial charge in [-0.15, -0.1) is 0 Å². The molecule has 2 aromatic heterocycles. The molecule has 0 spiro atoms. The lowest BCUT2D eigenvalue weighted by Crippen LogP contribution is -2.10. The molecule has 0 unspecified atom stereocenters. The summed E-state index contributed by atoms with van der Waals surface area (Å²) in [7, 11) is -4.01. The molecule has 2 heterocycles. The van der Waals surface area contributed by atoms with E-state index in [0.717, 1.165) is 5.56 Å². The Labute approximate surface area is 207 Å². The highest BCUT2D eigenvalue weighted by atomic mass is 79.9. The summed E-state index contributed by atoms with van der Waals surface area (Å²) in [5.41, 5.74) is 9.65. The van der Waals surface area contributed by atoms with Crippen LogP contribution < -0.4 is 5.73 Å². The molecular formula is C24H18Br2N4O2S. The molecule has 33 heavy (non-hydrogen) atoms. The highest BCUT2D eigenvalue weighted by Crippen LogP contribution is 2.38. The van der Waals surface area contributed by atoms with Gasteiger partial charge < -0.3 is 10.3 Å². The highest BCUT2D eigenvalue weighted by Gasteiger charge is 2.31. The first kappa shape index (κ1) is 22.1. The second-order valence-electron chi connectivity index (χ2n) is 7.56. The van der Waals surface area contributed by atoms with Gasteiger partial charge in [-0.1, -0.05) is 58.4 Å². The molecule has 9 heteroatoms. The maximum absolute atomic E-state index is 13.9. The van der Waals surface area contributed by atoms with Gasteiger partial charge in [-0.3, -0.25) is 0 Å². The number of benzene rings is 3. The number of para-hydroxylation sites is 2. The quantitative estimate of drug-likeness (QED) is 0.283. The summed E-state index contributed by atoms with van der Waals surface area (Å²) in [5, 5.41) is 0. The molecule has 3 aromatic carbocycles. The molecule has 0 fully saturated rings. The summed E-state index contributed by atoms with van der Waals surface area (Å²) in [6, 6.07) is 22.3. The molecule has 2 N–H and O–H groups in total. The van der Waals surface area contributed by atoms with Gasteiger partial charge in [-0.2, -0.15) is 0 Å². The molecule has 0 atom stereocenters. The highest BCUT2D eigenvalue weighted by molar-refractivity contribution is 9.11. The normalized spacial score (nSPS) is 11.9. The van der Waals surface area contributed by atoms with Crippen molar-refractivity contribution in [1.29, 1.82) is 0 Å². The van der Waals surface area contributed by atoms with Crippen LogP contribution in [0.5, 0.6) is 0 Å². The first-order valence-electron chi connectivity index (χ1n) is 10.1. The van der Waals surface area contributed by atoms with Gasteiger partial charge in [0.05, 0.1) is 15.9 Å². The number of nitrogens with two attached hydrogens (primary N) is 1. The Kier molecular flexibility index (Phi) is 5.72. The second-order valence-corrected chi connectivity index (χ2v) is 11.2. The zero-order chi connectivity index (χ0) is 23.2. The van der Waals surface area contributed by atoms with Crippen LogP contribution in [0.4, 0.5) is 5.82 Å². The van der Waals surface area contributed by atoms with Gasteiger partial charge in [-0.05, 0) is 58.2 Å². The van der Waals surface area contributed by atoms with E-state index in [-0.39, 0.29) is 21.1 Å². The fraction of sp³-hybridized carbons (Fsp3) is 0.0833. The standard InChI is InChI=1S/C24H18Br2N4O2S/c25-16-10-11-17(26)20(14-16)33(31,32)22-21-24(29-19-9-5-4-8-18(19)28-21)30(23(22)27)13-12-15-6-2-1-3-7-15/h1-11,14H,12-13,27H2. The molecule has 0 amide bonds. The molecule has 166 valence electrons. The fourth-order valence-corrected chi connectivity index (χ4v) is 6.86. The molecule has 0 saturated heterocycles. The summed E-state index contributed by atoms with van der Waals surface area (Å²) in [6.45, 7) is 0.467. The minimum absolute atomic E-state index is 0.0254. The zero-order valence-corrected chi connectivity index (χ0v) is 21.2. The van der Waals surface area contributed by atoms with E-state index in [1.54, 1.807) is 22.8 Å². The lowest BCUT2D eigenvalue weighted by molar-refractivity contribution is 0.596. The predicted octanol–water partition coefficient (Wildman–Crippen LogP) is 5.77. The van der Waals surface area contributed by atoms with Crippen LogP contribution in [0.1, 0.15) is 5.56 Å². The number of fused-ring (bicyclic) bond motifs is 2. The van der Waals surface area contributed by atoms with Crippen molar-refractivity contribution >= 4 is 69.7 Å². The number of sulfone groups is 1. The van der Waals surface area contributed by atoms with Crippen molar-refractivity contribution in [2.45, 2.75) is 22.8 Å². The Morgan fingerprint density at radius 3 is 2.27 bits per heavy atom. The fourth-order valence-electron chi connectivity index (χ4n) is 3.86. The monoisotopic (exact) mass is 584 g/mol. The molecule has 5 aromatic rings. The third-order valence-corrected chi connectivity index (χ3v) is 8.77. The first-order valence-corrected chi connectivity index (χ1v) is 13.2. The topological polar surface area (TPSA) is 90.9 Å². The number of nitrogen functional groups attached to an aromatic ring is 1. The molecule has 0 bridgehead atoms. The van der Waals surface area contributed by atoms with Crippen molar-refractivity contribution in [1.82, 2.24) is 14.5 Å². The molecule has 0 aliphatic carbocycles. The lowest BCUT2D eigenvalue weighted by atomic mass is 10.1. The van der Waals surface area contributed by atoms with Crippen LogP contribution in [0.25, 0.3) is 22.2 Å². The van der Waals surface area contributed by atoms with Gasteiger partial charge in [0, 0.05) is 15.5 Å². The first-order chi connectivity index (χ1) is 15.9. The summed E-state index contributed by atoms with van der Waals surface area (Å²) in [4.78, 5) is 9.53. The van der Waals surface area contributed by atoms with Crippen LogP contribution >= 0.6 is 31.9 Å². The maximum atomic E-state index is 13.9. The Balaban J connectivity index is 1.77. The van der Waals surface area contributed by atoms with Gasteiger partial charge in [0.1, 0.15) is 16.2 Å². The number of aryl methyl sites for hydroxylation is 2. The predicted molar refractivity (Wildman–Crippen MR) is 137 cm³/mol. The Morgan fingerprint density at radius 1 is 0.879 bits per heavy atom. The Hall–Kier alpha value is -2.75. The molecule has 6 nitrogen and oxygen atoms in total. The minimum atomic E-state index is -4.01. The summed E-state index contributed by atoms with van der Waals surface area (Å²) < 4.78 is 30.6. The molecule has 0 aliphatic heterocycles. The van der Waals surface area contributed by atoms with E-state index in [0.29, 0.717) is 38.6 Å². The van der Waals surface area contributed by atoms with Crippen molar-refractivity contribution in [3.05, 3.63) is 87.3 Å². The largest absolute Gasteiger partial charge is 0.384 e. The van der Waals surface area contributed by atoms with Crippen molar-refractivity contribution in [2.75, 3.05) is 5.73 Å². The Bertz CT molecular complexity index is 1620. The SMILES string of the molecule is Nc1c(S(=O)(=O)c2cc(Br)ccc2Br)c2nc3ccccc3nc2n1CCc1ccccc1. The van der Waals surface area contributed by atoms with Crippen LogP contribution in [0, 0.1) is 0 Å². The van der Waals surface area contributed by atoms with E-state index in [1.807, 2.05) is 54.6 Å². The number of anilines is 1. The van der Waals surface area contributed by atoms with Crippen LogP contribution in [-0.4, -0.2) is 23.0 Å². The van der Waals surface area contributed by atoms with E-state index < -0.39 is 9.84 Å². The average Bonchev–Trinajstić information content (AvgIpc) is 3.09. The molecule has 5 rings (SSSR count). The van der Waals surface area contributed by atoms with Crippen LogP contribution in [0.3, 0.4) is 0 Å². The third-order valence-electron chi connectivity index (χ3n) is 5.46. The number of hydrogen-bond donors (Lipinski definition) is 1. The van der Waals surface area contributed by atoms with Crippen LogP contribution in [-0.2, 0) is 22.8 Å². The van der Waals surface area contributed by atoms with Crippen LogP contribution in [0.2, 0.25) is 0 Å². The summed E-state index contributed by atoms with van der Waals surface area (Å²) in [6.07, 6.45) is 0.670. The molecule has 0 radical (unpaired) electrons. The van der Waals surface area contributed by atoms with Crippen molar-refractivity contribution in [2.24, 2.45) is 0 Å². The lowest BCUT2D eigenvalue weighted by Gasteiger charge is -2.09. The number of rotatable bonds is 5. The van der Waals surface area contributed by atoms with Gasteiger partial charge in [0.15, 0.2) is 5.65 Å². The van der Waals surface area contributed by atoms with E-state index in [9.17, 15) is 8.42 Å². The van der Waals surface area contributed by atoms with Crippen molar-refractivity contribution in [3.63, 3.8) is 0 Å². The van der Waals surface area contributed by atoms with Gasteiger partial charge in [0.25, 0.3) is 0 Å². The van der Waals surface area contributed by atoms with Crippen molar-refractivity contribution in [3.8, 4) is 0 Å².